The van der Waals surface area contributed by atoms with Gasteiger partial charge in [0.25, 0.3) is 5.91 Å². The lowest BCUT2D eigenvalue weighted by atomic mass is 9.98. The van der Waals surface area contributed by atoms with Crippen LogP contribution in [0.25, 0.3) is 5.69 Å². The molecule has 0 unspecified atom stereocenters. The van der Waals surface area contributed by atoms with E-state index in [0.29, 0.717) is 24.4 Å². The number of anilines is 3. The molecule has 0 aliphatic heterocycles. The van der Waals surface area contributed by atoms with Crippen molar-refractivity contribution in [1.29, 1.82) is 0 Å². The maximum Gasteiger partial charge on any atom is 0.404 e. The minimum absolute atomic E-state index is 0.0391. The SMILES string of the molecule is COCCOc1ncc(Nc2nc(N[C@H](CC(C)C)[C@H](C)NC(=O)O)c(F)cc2C(N)=O)cc1-n1nccn1. The Bertz CT molecular complexity index is 1270. The molecule has 0 saturated carbocycles. The van der Waals surface area contributed by atoms with Crippen molar-refractivity contribution < 1.29 is 28.6 Å². The van der Waals surface area contributed by atoms with Gasteiger partial charge >= 0.3 is 6.09 Å². The fourth-order valence-electron chi connectivity index (χ4n) is 3.70. The largest absolute Gasteiger partial charge is 0.474 e. The number of amides is 2. The number of carbonyl (C=O) groups excluding carboxylic acids is 1. The van der Waals surface area contributed by atoms with Crippen molar-refractivity contribution in [3.63, 3.8) is 0 Å². The van der Waals surface area contributed by atoms with Gasteiger partial charge in [0.05, 0.1) is 36.4 Å². The summed E-state index contributed by atoms with van der Waals surface area (Å²) in [5.41, 5.74) is 6.04. The van der Waals surface area contributed by atoms with Crippen molar-refractivity contribution in [1.82, 2.24) is 30.3 Å². The van der Waals surface area contributed by atoms with Crippen LogP contribution >= 0.6 is 0 Å². The Morgan fingerprint density at radius 3 is 2.49 bits per heavy atom. The van der Waals surface area contributed by atoms with E-state index in [-0.39, 0.29) is 35.6 Å². The summed E-state index contributed by atoms with van der Waals surface area (Å²) in [6.45, 7) is 6.14. The number of aromatic nitrogens is 5. The highest BCUT2D eigenvalue weighted by Gasteiger charge is 2.24. The molecule has 3 aromatic rings. The number of pyridine rings is 2. The molecule has 0 aromatic carbocycles. The molecule has 3 heterocycles. The molecule has 2 atom stereocenters. The Labute approximate surface area is 224 Å². The first-order valence-electron chi connectivity index (χ1n) is 12.1. The monoisotopic (exact) mass is 545 g/mol. The van der Waals surface area contributed by atoms with E-state index in [1.165, 1.54) is 23.4 Å². The lowest BCUT2D eigenvalue weighted by Crippen LogP contribution is -2.45. The van der Waals surface area contributed by atoms with Crippen LogP contribution in [0.5, 0.6) is 5.88 Å². The normalized spacial score (nSPS) is 12.6. The highest BCUT2D eigenvalue weighted by Crippen LogP contribution is 2.28. The van der Waals surface area contributed by atoms with E-state index in [0.717, 1.165) is 6.07 Å². The summed E-state index contributed by atoms with van der Waals surface area (Å²) >= 11 is 0. The molecule has 210 valence electrons. The third kappa shape index (κ3) is 7.98. The number of carboxylic acid groups (broad SMARTS) is 1. The molecule has 3 rings (SSSR count). The zero-order chi connectivity index (χ0) is 28.5. The van der Waals surface area contributed by atoms with Crippen LogP contribution in [0.15, 0.2) is 30.7 Å². The number of nitrogens with zero attached hydrogens (tertiary/aromatic N) is 5. The van der Waals surface area contributed by atoms with E-state index in [2.05, 4.69) is 36.1 Å². The standard InChI is InChI=1S/C24H32FN9O5/c1-13(2)9-18(14(3)30-24(36)37)32-22-17(25)11-16(20(26)35)21(33-22)31-15-10-19(34-28-5-6-29-34)23(27-12-15)39-8-7-38-4/h5-6,10-14,18,30H,7-9H2,1-4H3,(H2,26,35)(H,36,37)(H2,31,32,33)/t14-,18+/m0/s1. The highest BCUT2D eigenvalue weighted by molar-refractivity contribution is 5.98. The third-order valence-corrected chi connectivity index (χ3v) is 5.50. The summed E-state index contributed by atoms with van der Waals surface area (Å²) in [5, 5.41) is 25.7. The van der Waals surface area contributed by atoms with E-state index >= 15 is 4.39 Å². The molecule has 0 spiro atoms. The molecule has 0 saturated heterocycles. The second-order valence-corrected chi connectivity index (χ2v) is 9.03. The first-order chi connectivity index (χ1) is 18.6. The minimum atomic E-state index is -1.21. The Hall–Kier alpha value is -4.53. The van der Waals surface area contributed by atoms with E-state index in [1.54, 1.807) is 20.1 Å². The Morgan fingerprint density at radius 2 is 1.87 bits per heavy atom. The van der Waals surface area contributed by atoms with Crippen molar-refractivity contribution in [3.8, 4) is 11.6 Å². The number of hydrogen-bond acceptors (Lipinski definition) is 10. The maximum atomic E-state index is 15.0. The molecule has 2 amide bonds. The van der Waals surface area contributed by atoms with Crippen molar-refractivity contribution in [2.75, 3.05) is 31.0 Å². The van der Waals surface area contributed by atoms with Crippen molar-refractivity contribution in [3.05, 3.63) is 42.1 Å². The smallest absolute Gasteiger partial charge is 0.404 e. The van der Waals surface area contributed by atoms with Gasteiger partial charge in [-0.05, 0) is 31.4 Å². The first-order valence-corrected chi connectivity index (χ1v) is 12.1. The zero-order valence-corrected chi connectivity index (χ0v) is 22.0. The third-order valence-electron chi connectivity index (χ3n) is 5.50. The number of halogens is 1. The van der Waals surface area contributed by atoms with Crippen LogP contribution in [0.1, 0.15) is 37.6 Å². The van der Waals surface area contributed by atoms with Crippen LogP contribution in [0.2, 0.25) is 0 Å². The minimum Gasteiger partial charge on any atom is -0.474 e. The second kappa shape index (κ2) is 13.3. The van der Waals surface area contributed by atoms with Crippen LogP contribution in [-0.2, 0) is 4.74 Å². The van der Waals surface area contributed by atoms with Gasteiger partial charge in [-0.1, -0.05) is 13.8 Å². The molecule has 0 fully saturated rings. The molecule has 0 bridgehead atoms. The molecule has 14 nitrogen and oxygen atoms in total. The lowest BCUT2D eigenvalue weighted by Gasteiger charge is -2.27. The van der Waals surface area contributed by atoms with Gasteiger partial charge in [0.1, 0.15) is 18.1 Å². The van der Waals surface area contributed by atoms with Gasteiger partial charge in [0.2, 0.25) is 5.88 Å². The number of ether oxygens (including phenoxy) is 2. The van der Waals surface area contributed by atoms with Gasteiger partial charge in [-0.3, -0.25) is 4.79 Å². The molecular weight excluding hydrogens is 513 g/mol. The van der Waals surface area contributed by atoms with E-state index in [1.807, 2.05) is 13.8 Å². The fraction of sp³-hybridized carbons (Fsp3) is 0.417. The van der Waals surface area contributed by atoms with Gasteiger partial charge < -0.3 is 36.3 Å². The van der Waals surface area contributed by atoms with Gasteiger partial charge in [0.15, 0.2) is 11.6 Å². The van der Waals surface area contributed by atoms with Gasteiger partial charge in [0, 0.05) is 19.2 Å². The van der Waals surface area contributed by atoms with Crippen LogP contribution in [-0.4, -0.2) is 74.5 Å². The number of primary amides is 1. The molecule has 15 heteroatoms. The van der Waals surface area contributed by atoms with Crippen LogP contribution in [0.4, 0.5) is 26.5 Å². The molecule has 0 aliphatic rings. The van der Waals surface area contributed by atoms with E-state index in [4.69, 9.17) is 20.3 Å². The number of hydrogen-bond donors (Lipinski definition) is 5. The Kier molecular flexibility index (Phi) is 9.92. The fourth-order valence-corrected chi connectivity index (χ4v) is 3.70. The summed E-state index contributed by atoms with van der Waals surface area (Å²) in [5.74, 6) is -1.56. The van der Waals surface area contributed by atoms with Gasteiger partial charge in [-0.2, -0.15) is 10.2 Å². The predicted molar refractivity (Wildman–Crippen MR) is 140 cm³/mol. The van der Waals surface area contributed by atoms with Crippen LogP contribution in [0, 0.1) is 11.7 Å². The van der Waals surface area contributed by atoms with Crippen molar-refractivity contribution >= 4 is 29.3 Å². The number of nitrogens with two attached hydrogens (primary N) is 1. The van der Waals surface area contributed by atoms with Gasteiger partial charge in [-0.15, -0.1) is 4.80 Å². The lowest BCUT2D eigenvalue weighted by molar-refractivity contribution is 0.1000. The van der Waals surface area contributed by atoms with Gasteiger partial charge in [-0.25, -0.2) is 19.2 Å². The molecule has 3 aromatic heterocycles. The highest BCUT2D eigenvalue weighted by atomic mass is 19.1. The van der Waals surface area contributed by atoms with Crippen LogP contribution in [0.3, 0.4) is 0 Å². The van der Waals surface area contributed by atoms with Crippen molar-refractivity contribution in [2.45, 2.75) is 39.3 Å². The number of nitrogens with one attached hydrogen (secondary N) is 3. The molecule has 0 aliphatic carbocycles. The summed E-state index contributed by atoms with van der Waals surface area (Å²) in [4.78, 5) is 33.2. The zero-order valence-electron chi connectivity index (χ0n) is 22.0. The topological polar surface area (TPSA) is 191 Å². The van der Waals surface area contributed by atoms with E-state index < -0.39 is 29.9 Å². The summed E-state index contributed by atoms with van der Waals surface area (Å²) in [6, 6.07) is 1.50. The first kappa shape index (κ1) is 29.0. The molecule has 6 N–H and O–H groups in total. The quantitative estimate of drug-likeness (QED) is 0.187. The molecule has 39 heavy (non-hydrogen) atoms. The van der Waals surface area contributed by atoms with Crippen molar-refractivity contribution in [2.24, 2.45) is 11.7 Å². The van der Waals surface area contributed by atoms with Crippen LogP contribution < -0.4 is 26.4 Å². The summed E-state index contributed by atoms with van der Waals surface area (Å²) in [6.07, 6.45) is 3.70. The average Bonchev–Trinajstić information content (AvgIpc) is 3.40. The number of methoxy groups -OCH3 is 1. The Balaban J connectivity index is 1.97. The molecular formula is C24H32FN9O5. The summed E-state index contributed by atoms with van der Waals surface area (Å²) < 4.78 is 25.7. The molecule has 0 radical (unpaired) electrons. The van der Waals surface area contributed by atoms with E-state index in [9.17, 15) is 9.59 Å². The maximum absolute atomic E-state index is 15.0. The Morgan fingerprint density at radius 1 is 1.15 bits per heavy atom. The average molecular weight is 546 g/mol. The number of rotatable bonds is 14. The predicted octanol–water partition coefficient (Wildman–Crippen LogP) is 2.55. The summed E-state index contributed by atoms with van der Waals surface area (Å²) in [7, 11) is 1.54. The number of carbonyl (C=O) groups is 2. The second-order valence-electron chi connectivity index (χ2n) is 9.03.